The Morgan fingerprint density at radius 3 is 1.20 bits per heavy atom. The third-order valence-corrected chi connectivity index (χ3v) is 11.8. The van der Waals surface area contributed by atoms with Crippen LogP contribution >= 0.6 is 7.92 Å². The van der Waals surface area contributed by atoms with Gasteiger partial charge in [0, 0.05) is 35.3 Å². The molecule has 0 spiro atoms. The van der Waals surface area contributed by atoms with Gasteiger partial charge in [0.2, 0.25) is 0 Å². The maximum atomic E-state index is 14.0. The topological polar surface area (TPSA) is 54.0 Å². The van der Waals surface area contributed by atoms with Crippen LogP contribution in [0.15, 0.2) is 115 Å². The predicted octanol–water partition coefficient (Wildman–Crippen LogP) is 9.01. The summed E-state index contributed by atoms with van der Waals surface area (Å²) in [7, 11) is 5.53. The SMILES string of the molecule is COc1cccc(OC)c1C1CC(=O)CC(c2c(OC)cccc2OC)P1c1c(-c2ccccc2)cccc1-c1ccccc1. The lowest BCUT2D eigenvalue weighted by molar-refractivity contribution is -0.119. The third kappa shape index (κ3) is 5.81. The summed E-state index contributed by atoms with van der Waals surface area (Å²) in [5, 5.41) is 1.23. The van der Waals surface area contributed by atoms with Crippen LogP contribution in [-0.2, 0) is 4.79 Å². The van der Waals surface area contributed by atoms with Crippen molar-refractivity contribution >= 4 is 19.0 Å². The summed E-state index contributed by atoms with van der Waals surface area (Å²) in [6.07, 6.45) is 0.738. The summed E-state index contributed by atoms with van der Waals surface area (Å²) in [5.41, 5.74) is 5.97. The smallest absolute Gasteiger partial charge is 0.134 e. The summed E-state index contributed by atoms with van der Waals surface area (Å²) in [5.74, 6) is 3.04. The van der Waals surface area contributed by atoms with Crippen LogP contribution < -0.4 is 24.3 Å². The van der Waals surface area contributed by atoms with Gasteiger partial charge in [0.1, 0.15) is 28.8 Å². The van der Waals surface area contributed by atoms with Crippen molar-refractivity contribution in [3.8, 4) is 45.3 Å². The number of hydrogen-bond donors (Lipinski definition) is 0. The van der Waals surface area contributed by atoms with Crippen molar-refractivity contribution in [1.29, 1.82) is 0 Å². The van der Waals surface area contributed by atoms with Crippen LogP contribution in [0, 0.1) is 0 Å². The number of carbonyl (C=O) groups excluding carboxylic acids is 1. The van der Waals surface area contributed by atoms with Crippen LogP contribution in [0.5, 0.6) is 23.0 Å². The lowest BCUT2D eigenvalue weighted by Gasteiger charge is -2.42. The molecule has 0 bridgehead atoms. The van der Waals surface area contributed by atoms with Gasteiger partial charge in [0.05, 0.1) is 28.4 Å². The lowest BCUT2D eigenvalue weighted by atomic mass is 9.97. The zero-order valence-corrected chi connectivity index (χ0v) is 26.9. The van der Waals surface area contributed by atoms with Crippen molar-refractivity contribution in [3.05, 3.63) is 126 Å². The number of benzene rings is 5. The summed E-state index contributed by atoms with van der Waals surface area (Å²) < 4.78 is 24.0. The minimum absolute atomic E-state index is 0.183. The zero-order valence-electron chi connectivity index (χ0n) is 26.0. The molecule has 228 valence electrons. The second-order valence-electron chi connectivity index (χ2n) is 11.0. The Morgan fingerprint density at radius 2 is 0.844 bits per heavy atom. The van der Waals surface area contributed by atoms with E-state index in [1.807, 2.05) is 48.5 Å². The van der Waals surface area contributed by atoms with Gasteiger partial charge in [0.15, 0.2) is 0 Å². The van der Waals surface area contributed by atoms with E-state index in [9.17, 15) is 4.79 Å². The number of ether oxygens (including phenoxy) is 4. The number of methoxy groups -OCH3 is 4. The maximum Gasteiger partial charge on any atom is 0.134 e. The van der Waals surface area contributed by atoms with Crippen molar-refractivity contribution in [2.24, 2.45) is 0 Å². The Hall–Kier alpha value is -4.60. The molecule has 1 aliphatic rings. The highest BCUT2D eigenvalue weighted by atomic mass is 31.1. The summed E-state index contributed by atoms with van der Waals surface area (Å²) >= 11 is 0. The normalized spacial score (nSPS) is 17.9. The molecule has 5 aromatic carbocycles. The Bertz CT molecular complexity index is 1620. The Morgan fingerprint density at radius 1 is 0.489 bits per heavy atom. The van der Waals surface area contributed by atoms with Crippen molar-refractivity contribution < 1.29 is 23.7 Å². The van der Waals surface area contributed by atoms with Crippen molar-refractivity contribution in [2.75, 3.05) is 28.4 Å². The van der Waals surface area contributed by atoms with E-state index < -0.39 is 7.92 Å². The highest BCUT2D eigenvalue weighted by Gasteiger charge is 2.45. The molecule has 0 aromatic heterocycles. The molecule has 1 heterocycles. The Labute approximate surface area is 266 Å². The first-order valence-electron chi connectivity index (χ1n) is 15.0. The molecule has 0 aliphatic carbocycles. The van der Waals surface area contributed by atoms with Gasteiger partial charge in [-0.3, -0.25) is 4.79 Å². The molecule has 1 aliphatic heterocycles. The molecule has 0 radical (unpaired) electrons. The molecule has 1 fully saturated rings. The van der Waals surface area contributed by atoms with E-state index >= 15 is 0 Å². The van der Waals surface area contributed by atoms with Gasteiger partial charge in [0.25, 0.3) is 0 Å². The molecule has 2 atom stereocenters. The number of rotatable bonds is 9. The molecule has 6 heteroatoms. The molecule has 45 heavy (non-hydrogen) atoms. The average Bonchev–Trinajstić information content (AvgIpc) is 3.10. The van der Waals surface area contributed by atoms with Gasteiger partial charge >= 0.3 is 0 Å². The van der Waals surface area contributed by atoms with Crippen molar-refractivity contribution in [3.63, 3.8) is 0 Å². The molecular formula is C39H37O5P. The first kappa shape index (κ1) is 30.4. The van der Waals surface area contributed by atoms with E-state index in [2.05, 4.69) is 66.7 Å². The molecule has 1 saturated heterocycles. The monoisotopic (exact) mass is 616 g/mol. The quantitative estimate of drug-likeness (QED) is 0.155. The van der Waals surface area contributed by atoms with Gasteiger partial charge < -0.3 is 18.9 Å². The van der Waals surface area contributed by atoms with E-state index in [1.54, 1.807) is 28.4 Å². The van der Waals surface area contributed by atoms with Crippen molar-refractivity contribution in [1.82, 2.24) is 0 Å². The molecule has 6 rings (SSSR count). The molecule has 0 N–H and O–H groups in total. The van der Waals surface area contributed by atoms with Crippen LogP contribution in [0.1, 0.15) is 35.3 Å². The largest absolute Gasteiger partial charge is 0.496 e. The van der Waals surface area contributed by atoms with Gasteiger partial charge in [-0.25, -0.2) is 0 Å². The van der Waals surface area contributed by atoms with E-state index in [0.29, 0.717) is 35.8 Å². The molecule has 5 nitrogen and oxygen atoms in total. The lowest BCUT2D eigenvalue weighted by Crippen LogP contribution is -2.26. The van der Waals surface area contributed by atoms with E-state index in [-0.39, 0.29) is 17.1 Å². The second-order valence-corrected chi connectivity index (χ2v) is 13.5. The molecule has 0 amide bonds. The van der Waals surface area contributed by atoms with Crippen LogP contribution in [0.2, 0.25) is 0 Å². The Kier molecular flexibility index (Phi) is 9.18. The summed E-state index contributed by atoms with van der Waals surface area (Å²) in [6, 6.07) is 39.3. The average molecular weight is 617 g/mol. The minimum atomic E-state index is -1.19. The zero-order chi connectivity index (χ0) is 31.3. The highest BCUT2D eigenvalue weighted by molar-refractivity contribution is 7.67. The molecular weight excluding hydrogens is 579 g/mol. The summed E-state index contributed by atoms with van der Waals surface area (Å²) in [4.78, 5) is 14.0. The van der Waals surface area contributed by atoms with Gasteiger partial charge in [-0.15, -0.1) is 0 Å². The maximum absolute atomic E-state index is 14.0. The fraction of sp³-hybridized carbons (Fsp3) is 0.205. The number of hydrogen-bond acceptors (Lipinski definition) is 5. The molecule has 0 saturated carbocycles. The fourth-order valence-electron chi connectivity index (χ4n) is 6.66. The van der Waals surface area contributed by atoms with Gasteiger partial charge in [-0.2, -0.15) is 0 Å². The van der Waals surface area contributed by atoms with Gasteiger partial charge in [-0.1, -0.05) is 98.9 Å². The van der Waals surface area contributed by atoms with E-state index in [4.69, 9.17) is 18.9 Å². The second kappa shape index (κ2) is 13.6. The third-order valence-electron chi connectivity index (χ3n) is 8.58. The Balaban J connectivity index is 1.75. The first-order valence-corrected chi connectivity index (χ1v) is 16.5. The van der Waals surface area contributed by atoms with Crippen LogP contribution in [0.4, 0.5) is 0 Å². The first-order chi connectivity index (χ1) is 22.1. The van der Waals surface area contributed by atoms with Crippen LogP contribution in [0.25, 0.3) is 22.3 Å². The molecule has 2 unspecified atom stereocenters. The standard InChI is InChI=1S/C39H37O5P/c1-41-31-20-12-21-32(42-2)37(31)35-24-28(40)25-36(38-33(43-3)22-13-23-34(38)44-4)45(35)39-29(26-14-7-5-8-15-26)18-11-19-30(39)27-16-9-6-10-17-27/h5-23,35-36H,24-25H2,1-4H3. The van der Waals surface area contributed by atoms with Crippen LogP contribution in [-0.4, -0.2) is 34.2 Å². The van der Waals surface area contributed by atoms with Crippen LogP contribution in [0.3, 0.4) is 0 Å². The van der Waals surface area contributed by atoms with Gasteiger partial charge in [-0.05, 0) is 51.8 Å². The number of carbonyl (C=O) groups is 1. The highest BCUT2D eigenvalue weighted by Crippen LogP contribution is 2.71. The number of ketones is 1. The van der Waals surface area contributed by atoms with E-state index in [1.165, 1.54) is 5.30 Å². The van der Waals surface area contributed by atoms with Crippen molar-refractivity contribution in [2.45, 2.75) is 24.2 Å². The molecule has 5 aromatic rings. The predicted molar refractivity (Wildman–Crippen MR) is 183 cm³/mol. The minimum Gasteiger partial charge on any atom is -0.496 e. The number of Topliss-reactive ketones (excluding diaryl/α,β-unsaturated/α-hetero) is 1. The summed E-state index contributed by atoms with van der Waals surface area (Å²) in [6.45, 7) is 0. The fourth-order valence-corrected chi connectivity index (χ4v) is 10.5. The van der Waals surface area contributed by atoms with E-state index in [0.717, 1.165) is 33.4 Å².